The SMILES string of the molecule is C=CC1C[C@]1(NC(=O)[C@@H]1C[C@@H](Oc2cc(-c3ccccc3)nc3cc(OC)ccc23)CN1C(=O)N1CC[C@@H](O)C1)C(=O)O. The zero-order valence-corrected chi connectivity index (χ0v) is 23.8. The molecule has 0 spiro atoms. The molecule has 5 atom stereocenters. The number of urea groups is 1. The van der Waals surface area contributed by atoms with Crippen LogP contribution in [0.5, 0.6) is 11.5 Å². The minimum absolute atomic E-state index is 0.106. The average Bonchev–Trinajstić information content (AvgIpc) is 3.30. The molecule has 3 fully saturated rings. The number of fused-ring (bicyclic) bond motifs is 1. The first-order chi connectivity index (χ1) is 20.7. The van der Waals surface area contributed by atoms with E-state index in [1.165, 1.54) is 15.9 Å². The van der Waals surface area contributed by atoms with Crippen LogP contribution in [0.1, 0.15) is 19.3 Å². The smallest absolute Gasteiger partial charge is 0.330 e. The average molecular weight is 587 g/mol. The number of β-amino-alcohol motifs (C(OH)–C–C–N with tert-alkyl or cyclic N) is 1. The number of amides is 3. The molecule has 1 aromatic heterocycles. The highest BCUT2D eigenvalue weighted by Gasteiger charge is 2.61. The van der Waals surface area contributed by atoms with E-state index in [-0.39, 0.29) is 25.9 Å². The van der Waals surface area contributed by atoms with Gasteiger partial charge in [0.1, 0.15) is 29.2 Å². The van der Waals surface area contributed by atoms with Crippen LogP contribution in [0.25, 0.3) is 22.2 Å². The quantitative estimate of drug-likeness (QED) is 0.342. The van der Waals surface area contributed by atoms with Crippen molar-refractivity contribution in [2.75, 3.05) is 26.7 Å². The molecule has 2 saturated heterocycles. The number of methoxy groups -OCH3 is 1. The van der Waals surface area contributed by atoms with Crippen molar-refractivity contribution >= 4 is 28.8 Å². The summed E-state index contributed by atoms with van der Waals surface area (Å²) in [5.41, 5.74) is 0.816. The minimum Gasteiger partial charge on any atom is -0.497 e. The van der Waals surface area contributed by atoms with Gasteiger partial charge in [0.05, 0.1) is 31.0 Å². The highest BCUT2D eigenvalue weighted by Crippen LogP contribution is 2.45. The molecule has 6 rings (SSSR count). The van der Waals surface area contributed by atoms with Crippen LogP contribution in [-0.4, -0.2) is 93.4 Å². The predicted octanol–water partition coefficient (Wildman–Crippen LogP) is 3.06. The number of aliphatic carboxylic acids is 1. The molecule has 1 aliphatic carbocycles. The number of pyridine rings is 1. The van der Waals surface area contributed by atoms with Crippen molar-refractivity contribution in [3.8, 4) is 22.8 Å². The summed E-state index contributed by atoms with van der Waals surface area (Å²) >= 11 is 0. The molecule has 224 valence electrons. The third-order valence-corrected chi connectivity index (χ3v) is 8.61. The van der Waals surface area contributed by atoms with Crippen molar-refractivity contribution in [2.24, 2.45) is 5.92 Å². The maximum Gasteiger partial charge on any atom is 0.330 e. The predicted molar refractivity (Wildman–Crippen MR) is 158 cm³/mol. The van der Waals surface area contributed by atoms with E-state index in [9.17, 15) is 24.6 Å². The van der Waals surface area contributed by atoms with Crippen LogP contribution in [0.3, 0.4) is 0 Å². The number of aromatic nitrogens is 1. The van der Waals surface area contributed by atoms with Crippen LogP contribution < -0.4 is 14.8 Å². The summed E-state index contributed by atoms with van der Waals surface area (Å²) in [4.78, 5) is 47.1. The van der Waals surface area contributed by atoms with Gasteiger partial charge in [-0.05, 0) is 25.0 Å². The fourth-order valence-electron chi connectivity index (χ4n) is 6.10. The number of hydrogen-bond donors (Lipinski definition) is 3. The van der Waals surface area contributed by atoms with Gasteiger partial charge in [0.25, 0.3) is 0 Å². The molecule has 11 nitrogen and oxygen atoms in total. The fourth-order valence-corrected chi connectivity index (χ4v) is 6.10. The molecule has 3 amide bonds. The number of likely N-dealkylation sites (tertiary alicyclic amines) is 2. The zero-order valence-electron chi connectivity index (χ0n) is 23.8. The van der Waals surface area contributed by atoms with Crippen molar-refractivity contribution in [3.05, 3.63) is 67.3 Å². The largest absolute Gasteiger partial charge is 0.497 e. The lowest BCUT2D eigenvalue weighted by atomic mass is 10.1. The first kappa shape index (κ1) is 28.5. The van der Waals surface area contributed by atoms with Gasteiger partial charge in [-0.25, -0.2) is 14.6 Å². The number of carbonyl (C=O) groups is 3. The van der Waals surface area contributed by atoms with Crippen LogP contribution in [0.4, 0.5) is 4.79 Å². The van der Waals surface area contributed by atoms with E-state index in [2.05, 4.69) is 11.9 Å². The Hall–Kier alpha value is -4.64. The van der Waals surface area contributed by atoms with Crippen molar-refractivity contribution in [1.82, 2.24) is 20.1 Å². The number of carbonyl (C=O) groups excluding carboxylic acids is 2. The Bertz CT molecular complexity index is 1580. The Morgan fingerprint density at radius 2 is 1.93 bits per heavy atom. The highest BCUT2D eigenvalue weighted by molar-refractivity contribution is 5.95. The van der Waals surface area contributed by atoms with E-state index in [1.807, 2.05) is 54.6 Å². The summed E-state index contributed by atoms with van der Waals surface area (Å²) in [5.74, 6) is -0.901. The first-order valence-corrected chi connectivity index (χ1v) is 14.3. The maximum absolute atomic E-state index is 13.6. The molecule has 2 aromatic carbocycles. The van der Waals surface area contributed by atoms with E-state index in [1.54, 1.807) is 7.11 Å². The Morgan fingerprint density at radius 1 is 1.14 bits per heavy atom. The second kappa shape index (κ2) is 11.2. The number of nitrogens with zero attached hydrogens (tertiary/aromatic N) is 3. The summed E-state index contributed by atoms with van der Waals surface area (Å²) in [6.45, 7) is 4.33. The van der Waals surface area contributed by atoms with E-state index in [4.69, 9.17) is 14.5 Å². The Labute approximate surface area is 248 Å². The summed E-state index contributed by atoms with van der Waals surface area (Å²) in [6.07, 6.45) is 1.18. The lowest BCUT2D eigenvalue weighted by Crippen LogP contribution is -2.54. The number of ether oxygens (including phenoxy) is 2. The van der Waals surface area contributed by atoms with Crippen molar-refractivity contribution < 1.29 is 34.1 Å². The molecular formula is C32H34N4O7. The van der Waals surface area contributed by atoms with E-state index in [0.717, 1.165) is 10.9 Å². The molecule has 43 heavy (non-hydrogen) atoms. The molecule has 2 aliphatic heterocycles. The zero-order chi connectivity index (χ0) is 30.3. The van der Waals surface area contributed by atoms with Crippen molar-refractivity contribution in [2.45, 2.75) is 43.1 Å². The van der Waals surface area contributed by atoms with Crippen LogP contribution in [0, 0.1) is 5.92 Å². The van der Waals surface area contributed by atoms with Gasteiger partial charge >= 0.3 is 12.0 Å². The molecule has 3 aromatic rings. The number of aliphatic hydroxyl groups is 1. The van der Waals surface area contributed by atoms with Crippen molar-refractivity contribution in [1.29, 1.82) is 0 Å². The maximum atomic E-state index is 13.6. The van der Waals surface area contributed by atoms with E-state index >= 15 is 0 Å². The summed E-state index contributed by atoms with van der Waals surface area (Å²) < 4.78 is 12.0. The fraction of sp³-hybridized carbons (Fsp3) is 0.375. The van der Waals surface area contributed by atoms with Crippen LogP contribution >= 0.6 is 0 Å². The first-order valence-electron chi connectivity index (χ1n) is 14.3. The number of rotatable bonds is 8. The molecule has 3 aliphatic rings. The second-order valence-electron chi connectivity index (χ2n) is 11.4. The molecule has 1 saturated carbocycles. The molecule has 1 unspecified atom stereocenters. The Morgan fingerprint density at radius 3 is 2.58 bits per heavy atom. The van der Waals surface area contributed by atoms with Gasteiger partial charge in [0.2, 0.25) is 5.91 Å². The number of nitrogens with one attached hydrogen (secondary N) is 1. The van der Waals surface area contributed by atoms with Crippen LogP contribution in [0.15, 0.2) is 67.3 Å². The van der Waals surface area contributed by atoms with Gasteiger partial charge in [-0.1, -0.05) is 36.4 Å². The number of carboxylic acids is 1. The minimum atomic E-state index is -1.43. The van der Waals surface area contributed by atoms with E-state index < -0.39 is 47.6 Å². The van der Waals surface area contributed by atoms with Gasteiger partial charge < -0.3 is 34.8 Å². The summed E-state index contributed by atoms with van der Waals surface area (Å²) in [5, 5.41) is 23.3. The number of carboxylic acid groups (broad SMARTS) is 1. The Kier molecular flexibility index (Phi) is 7.43. The Balaban J connectivity index is 1.31. The summed E-state index contributed by atoms with van der Waals surface area (Å²) in [7, 11) is 1.59. The standard InChI is InChI=1S/C32H34N4O7/c1-3-20-16-32(20,30(39)40)34-29(38)27-14-23(18-36(27)31(41)35-12-11-21(37)17-35)43-28-15-25(19-7-5-4-6-8-19)33-26-13-22(42-2)9-10-24(26)28/h3-10,13,15,20-21,23,27,37H,1,11-12,14,16-18H2,2H3,(H,34,38)(H,39,40)/t20?,21-,23-,27+,32-/m1/s1. The lowest BCUT2D eigenvalue weighted by Gasteiger charge is -2.29. The van der Waals surface area contributed by atoms with E-state index in [0.29, 0.717) is 35.7 Å². The second-order valence-corrected chi connectivity index (χ2v) is 11.4. The van der Waals surface area contributed by atoms with Crippen LogP contribution in [0.2, 0.25) is 0 Å². The van der Waals surface area contributed by atoms with Crippen LogP contribution in [-0.2, 0) is 9.59 Å². The molecule has 11 heteroatoms. The molecule has 0 radical (unpaired) electrons. The monoisotopic (exact) mass is 586 g/mol. The lowest BCUT2D eigenvalue weighted by molar-refractivity contribution is -0.144. The highest BCUT2D eigenvalue weighted by atomic mass is 16.5. The summed E-state index contributed by atoms with van der Waals surface area (Å²) in [6, 6.07) is 15.7. The number of hydrogen-bond acceptors (Lipinski definition) is 7. The molecular weight excluding hydrogens is 552 g/mol. The van der Waals surface area contributed by atoms with Crippen molar-refractivity contribution in [3.63, 3.8) is 0 Å². The third-order valence-electron chi connectivity index (χ3n) is 8.61. The molecule has 3 heterocycles. The molecule has 0 bridgehead atoms. The number of aliphatic hydroxyl groups excluding tert-OH is 1. The van der Waals surface area contributed by atoms with Gasteiger partial charge in [0, 0.05) is 48.5 Å². The van der Waals surface area contributed by atoms with Gasteiger partial charge in [-0.3, -0.25) is 4.79 Å². The topological polar surface area (TPSA) is 142 Å². The third kappa shape index (κ3) is 5.36. The van der Waals surface area contributed by atoms with Gasteiger partial charge in [0.15, 0.2) is 0 Å². The normalized spacial score (nSPS) is 26.3. The van der Waals surface area contributed by atoms with Gasteiger partial charge in [-0.15, -0.1) is 6.58 Å². The number of benzene rings is 2. The van der Waals surface area contributed by atoms with Gasteiger partial charge in [-0.2, -0.15) is 0 Å². The molecule has 3 N–H and O–H groups in total.